The molecule has 2 rings (SSSR count). The van der Waals surface area contributed by atoms with Crippen molar-refractivity contribution in [2.24, 2.45) is 5.92 Å². The molecule has 0 saturated heterocycles. The van der Waals surface area contributed by atoms with Crippen molar-refractivity contribution in [3.63, 3.8) is 0 Å². The van der Waals surface area contributed by atoms with Crippen LogP contribution in [0.4, 0.5) is 0 Å². The number of carboxylic acid groups (broad SMARTS) is 1. The summed E-state index contributed by atoms with van der Waals surface area (Å²) in [6.07, 6.45) is 3.51. The Labute approximate surface area is 112 Å². The molecule has 104 valence electrons. The molecule has 1 fully saturated rings. The zero-order chi connectivity index (χ0) is 14.0. The molecule has 1 saturated carbocycles. The third-order valence-electron chi connectivity index (χ3n) is 3.62. The largest absolute Gasteiger partial charge is 0.481 e. The van der Waals surface area contributed by atoms with E-state index in [1.165, 1.54) is 0 Å². The van der Waals surface area contributed by atoms with Gasteiger partial charge in [0, 0.05) is 17.8 Å². The normalized spacial score (nSPS) is 14.6. The number of nitrogens with zero attached hydrogens (tertiary/aromatic N) is 2. The maximum absolute atomic E-state index is 12.1. The van der Waals surface area contributed by atoms with Crippen LogP contribution in [0.5, 0.6) is 0 Å². The van der Waals surface area contributed by atoms with E-state index in [1.807, 2.05) is 13.8 Å². The molecule has 5 heteroatoms. The first-order chi connectivity index (χ1) is 9.06. The van der Waals surface area contributed by atoms with Crippen molar-refractivity contribution in [1.29, 1.82) is 0 Å². The van der Waals surface area contributed by atoms with E-state index in [4.69, 9.17) is 5.11 Å². The molecular weight excluding hydrogens is 244 g/mol. The van der Waals surface area contributed by atoms with Crippen molar-refractivity contribution in [3.05, 3.63) is 27.4 Å². The van der Waals surface area contributed by atoms with Crippen LogP contribution < -0.4 is 5.69 Å². The molecule has 1 N–H and O–H groups in total. The van der Waals surface area contributed by atoms with E-state index in [1.54, 1.807) is 4.57 Å². The van der Waals surface area contributed by atoms with Gasteiger partial charge in [-0.2, -0.15) is 4.98 Å². The Bertz CT molecular complexity index is 544. The lowest BCUT2D eigenvalue weighted by Crippen LogP contribution is -2.31. The molecule has 0 amide bonds. The van der Waals surface area contributed by atoms with Crippen molar-refractivity contribution < 1.29 is 9.90 Å². The summed E-state index contributed by atoms with van der Waals surface area (Å²) < 4.78 is 1.69. The molecule has 19 heavy (non-hydrogen) atoms. The van der Waals surface area contributed by atoms with Crippen LogP contribution in [0.15, 0.2) is 4.79 Å². The van der Waals surface area contributed by atoms with Crippen LogP contribution in [0.2, 0.25) is 0 Å². The lowest BCUT2D eigenvalue weighted by Gasteiger charge is -2.17. The molecule has 0 unspecified atom stereocenters. The number of aliphatic carboxylic acids is 1. The molecule has 0 atom stereocenters. The molecule has 0 aromatic carbocycles. The van der Waals surface area contributed by atoms with Crippen molar-refractivity contribution >= 4 is 5.97 Å². The Balaban J connectivity index is 2.52. The summed E-state index contributed by atoms with van der Waals surface area (Å²) in [5, 5.41) is 9.05. The van der Waals surface area contributed by atoms with Crippen LogP contribution in [0.3, 0.4) is 0 Å². The average molecular weight is 264 g/mol. The Morgan fingerprint density at radius 2 is 2.05 bits per heavy atom. The molecule has 0 radical (unpaired) electrons. The first kappa shape index (κ1) is 13.8. The highest BCUT2D eigenvalue weighted by molar-refractivity contribution is 5.71. The summed E-state index contributed by atoms with van der Waals surface area (Å²) in [7, 11) is 0. The summed E-state index contributed by atoms with van der Waals surface area (Å²) in [5.74, 6) is -0.308. The van der Waals surface area contributed by atoms with Crippen molar-refractivity contribution in [2.75, 3.05) is 0 Å². The maximum atomic E-state index is 12.1. The van der Waals surface area contributed by atoms with Crippen molar-refractivity contribution in [3.8, 4) is 0 Å². The highest BCUT2D eigenvalue weighted by atomic mass is 16.4. The predicted octanol–water partition coefficient (Wildman–Crippen LogP) is 1.41. The van der Waals surface area contributed by atoms with E-state index in [0.29, 0.717) is 31.0 Å². The topological polar surface area (TPSA) is 72.2 Å². The van der Waals surface area contributed by atoms with Gasteiger partial charge in [-0.25, -0.2) is 4.79 Å². The molecule has 1 aliphatic rings. The molecule has 1 aromatic rings. The first-order valence-electron chi connectivity index (χ1n) is 6.90. The molecule has 1 aliphatic carbocycles. The van der Waals surface area contributed by atoms with Gasteiger partial charge in [-0.15, -0.1) is 0 Å². The average Bonchev–Trinajstić information content (AvgIpc) is 3.16. The Morgan fingerprint density at radius 3 is 2.53 bits per heavy atom. The first-order valence-corrected chi connectivity index (χ1v) is 6.90. The summed E-state index contributed by atoms with van der Waals surface area (Å²) in [5.41, 5.74) is 2.00. The fourth-order valence-electron chi connectivity index (χ4n) is 2.49. The van der Waals surface area contributed by atoms with E-state index in [-0.39, 0.29) is 12.1 Å². The maximum Gasteiger partial charge on any atom is 0.348 e. The van der Waals surface area contributed by atoms with Gasteiger partial charge in [-0.3, -0.25) is 9.36 Å². The number of hydrogen-bond acceptors (Lipinski definition) is 3. The van der Waals surface area contributed by atoms with Gasteiger partial charge in [-0.05, 0) is 31.6 Å². The molecule has 0 aliphatic heterocycles. The number of carbonyl (C=O) groups is 1. The van der Waals surface area contributed by atoms with Crippen LogP contribution in [-0.2, 0) is 30.6 Å². The third-order valence-corrected chi connectivity index (χ3v) is 3.62. The fourth-order valence-corrected chi connectivity index (χ4v) is 2.49. The molecule has 0 bridgehead atoms. The highest BCUT2D eigenvalue weighted by Crippen LogP contribution is 2.31. The molecule has 1 heterocycles. The second-order valence-corrected chi connectivity index (χ2v) is 5.10. The lowest BCUT2D eigenvalue weighted by molar-refractivity contribution is -0.136. The number of aromatic nitrogens is 2. The van der Waals surface area contributed by atoms with Gasteiger partial charge in [0.05, 0.1) is 12.1 Å². The third kappa shape index (κ3) is 3.03. The second-order valence-electron chi connectivity index (χ2n) is 5.10. The van der Waals surface area contributed by atoms with Gasteiger partial charge in [0.2, 0.25) is 0 Å². The zero-order valence-electron chi connectivity index (χ0n) is 11.5. The van der Waals surface area contributed by atoms with Crippen molar-refractivity contribution in [1.82, 2.24) is 9.55 Å². The van der Waals surface area contributed by atoms with Gasteiger partial charge < -0.3 is 5.11 Å². The minimum absolute atomic E-state index is 0.0513. The monoisotopic (exact) mass is 264 g/mol. The van der Waals surface area contributed by atoms with Crippen LogP contribution in [0.25, 0.3) is 0 Å². The quantitative estimate of drug-likeness (QED) is 0.843. The van der Waals surface area contributed by atoms with Gasteiger partial charge in [-0.1, -0.05) is 13.8 Å². The number of aryl methyl sites for hydroxylation is 1. The van der Waals surface area contributed by atoms with Crippen molar-refractivity contribution in [2.45, 2.75) is 52.5 Å². The van der Waals surface area contributed by atoms with E-state index >= 15 is 0 Å². The summed E-state index contributed by atoms with van der Waals surface area (Å²) in [4.78, 5) is 27.2. The molecule has 1 aromatic heterocycles. The van der Waals surface area contributed by atoms with E-state index in [9.17, 15) is 9.59 Å². The number of carboxylic acids is 1. The highest BCUT2D eigenvalue weighted by Gasteiger charge is 2.25. The smallest absolute Gasteiger partial charge is 0.348 e. The van der Waals surface area contributed by atoms with Crippen LogP contribution >= 0.6 is 0 Å². The SMILES string of the molecule is CCc1nc(=O)n(CC2CC2)c(CC)c1CC(=O)O. The Kier molecular flexibility index (Phi) is 4.02. The van der Waals surface area contributed by atoms with E-state index in [2.05, 4.69) is 4.98 Å². The number of hydrogen-bond donors (Lipinski definition) is 1. The second kappa shape index (κ2) is 5.55. The van der Waals surface area contributed by atoms with Gasteiger partial charge in [0.15, 0.2) is 0 Å². The van der Waals surface area contributed by atoms with Gasteiger partial charge in [0.25, 0.3) is 0 Å². The summed E-state index contributed by atoms with van der Waals surface area (Å²) in [6.45, 7) is 4.55. The fraction of sp³-hybridized carbons (Fsp3) is 0.643. The molecule has 0 spiro atoms. The van der Waals surface area contributed by atoms with E-state index < -0.39 is 5.97 Å². The van der Waals surface area contributed by atoms with Crippen LogP contribution in [0, 0.1) is 5.92 Å². The summed E-state index contributed by atoms with van der Waals surface area (Å²) >= 11 is 0. The van der Waals surface area contributed by atoms with Crippen LogP contribution in [0.1, 0.15) is 43.6 Å². The standard InChI is InChI=1S/C14H20N2O3/c1-3-11-10(7-13(17)18)12(4-2)16(14(19)15-11)8-9-5-6-9/h9H,3-8H2,1-2H3,(H,17,18). The minimum atomic E-state index is -0.872. The Hall–Kier alpha value is -1.65. The minimum Gasteiger partial charge on any atom is -0.481 e. The Morgan fingerprint density at radius 1 is 1.37 bits per heavy atom. The summed E-state index contributed by atoms with van der Waals surface area (Å²) in [6, 6.07) is 0. The van der Waals surface area contributed by atoms with Crippen LogP contribution in [-0.4, -0.2) is 20.6 Å². The van der Waals surface area contributed by atoms with Gasteiger partial charge >= 0.3 is 11.7 Å². The molecule has 5 nitrogen and oxygen atoms in total. The zero-order valence-corrected chi connectivity index (χ0v) is 11.5. The lowest BCUT2D eigenvalue weighted by atomic mass is 10.0. The van der Waals surface area contributed by atoms with E-state index in [0.717, 1.165) is 24.1 Å². The predicted molar refractivity (Wildman–Crippen MR) is 71.3 cm³/mol. The molecular formula is C14H20N2O3. The van der Waals surface area contributed by atoms with Gasteiger partial charge in [0.1, 0.15) is 0 Å². The number of rotatable bonds is 6.